The second kappa shape index (κ2) is 9.09. The van der Waals surface area contributed by atoms with Gasteiger partial charge in [0.2, 0.25) is 10.0 Å². The molecule has 3 aromatic rings. The summed E-state index contributed by atoms with van der Waals surface area (Å²) in [7, 11) is -3.78. The Morgan fingerprint density at radius 3 is 2.52 bits per heavy atom. The quantitative estimate of drug-likeness (QED) is 0.482. The van der Waals surface area contributed by atoms with Gasteiger partial charge in [-0.2, -0.15) is 5.26 Å². The van der Waals surface area contributed by atoms with Gasteiger partial charge in [-0.3, -0.25) is 0 Å². The van der Waals surface area contributed by atoms with Crippen LogP contribution in [0.1, 0.15) is 11.4 Å². The Morgan fingerprint density at radius 1 is 1.00 bits per heavy atom. The lowest BCUT2D eigenvalue weighted by Crippen LogP contribution is -2.29. The Kier molecular flexibility index (Phi) is 6.33. The van der Waals surface area contributed by atoms with E-state index in [-0.39, 0.29) is 17.0 Å². The first-order chi connectivity index (χ1) is 14.0. The number of anilines is 3. The number of nitriles is 1. The third-order valence-corrected chi connectivity index (χ3v) is 5.30. The normalized spacial score (nSPS) is 10.9. The molecular weight excluding hydrogens is 390 g/mol. The van der Waals surface area contributed by atoms with E-state index < -0.39 is 10.0 Å². The van der Waals surface area contributed by atoms with Gasteiger partial charge in [0, 0.05) is 25.4 Å². The molecule has 148 valence electrons. The first-order valence-electron chi connectivity index (χ1n) is 8.74. The van der Waals surface area contributed by atoms with Gasteiger partial charge in [-0.25, -0.2) is 28.1 Å². The molecule has 0 radical (unpaired) electrons. The third kappa shape index (κ3) is 5.47. The maximum absolute atomic E-state index is 12.4. The Bertz CT molecular complexity index is 1130. The van der Waals surface area contributed by atoms with Crippen LogP contribution in [0.2, 0.25) is 0 Å². The van der Waals surface area contributed by atoms with Crippen LogP contribution in [0.15, 0.2) is 59.6 Å². The van der Waals surface area contributed by atoms with Crippen molar-refractivity contribution in [3.8, 4) is 6.07 Å². The van der Waals surface area contributed by atoms with E-state index in [1.165, 1.54) is 12.1 Å². The van der Waals surface area contributed by atoms with Gasteiger partial charge in [0.1, 0.15) is 29.3 Å². The molecule has 0 aliphatic heterocycles. The van der Waals surface area contributed by atoms with Gasteiger partial charge in [0.05, 0.1) is 10.5 Å². The molecule has 0 aliphatic carbocycles. The molecule has 3 rings (SSSR count). The Hall–Kier alpha value is -3.55. The highest BCUT2D eigenvalue weighted by Crippen LogP contribution is 2.16. The summed E-state index contributed by atoms with van der Waals surface area (Å²) in [6.07, 6.45) is 1.67. The third-order valence-electron chi connectivity index (χ3n) is 3.78. The molecule has 0 saturated carbocycles. The summed E-state index contributed by atoms with van der Waals surface area (Å²) in [6.45, 7) is 2.18. The fraction of sp³-hybridized carbons (Fsp3) is 0.158. The molecule has 0 bridgehead atoms. The maximum Gasteiger partial charge on any atom is 0.241 e. The van der Waals surface area contributed by atoms with Gasteiger partial charge in [-0.15, -0.1) is 0 Å². The first-order valence-corrected chi connectivity index (χ1v) is 10.2. The summed E-state index contributed by atoms with van der Waals surface area (Å²) in [5.41, 5.74) is 0.102. The zero-order chi connectivity index (χ0) is 20.7. The summed E-state index contributed by atoms with van der Waals surface area (Å²) >= 11 is 0. The van der Waals surface area contributed by atoms with E-state index in [2.05, 4.69) is 30.3 Å². The summed E-state index contributed by atoms with van der Waals surface area (Å²) in [6, 6.07) is 15.2. The highest BCUT2D eigenvalue weighted by atomic mass is 32.2. The number of sulfonamides is 1. The van der Waals surface area contributed by atoms with Crippen molar-refractivity contribution in [3.05, 3.63) is 66.1 Å². The van der Waals surface area contributed by atoms with Crippen LogP contribution < -0.4 is 15.4 Å². The second-order valence-electron chi connectivity index (χ2n) is 5.96. The predicted molar refractivity (Wildman–Crippen MR) is 109 cm³/mol. The molecule has 3 N–H and O–H groups in total. The summed E-state index contributed by atoms with van der Waals surface area (Å²) in [4.78, 5) is 12.8. The van der Waals surface area contributed by atoms with Crippen molar-refractivity contribution in [1.82, 2.24) is 19.7 Å². The van der Waals surface area contributed by atoms with Crippen molar-refractivity contribution in [3.63, 3.8) is 0 Å². The van der Waals surface area contributed by atoms with Gasteiger partial charge < -0.3 is 10.6 Å². The van der Waals surface area contributed by atoms with Crippen molar-refractivity contribution in [2.75, 3.05) is 23.7 Å². The van der Waals surface area contributed by atoms with Gasteiger partial charge in [0.15, 0.2) is 0 Å². The van der Waals surface area contributed by atoms with Gasteiger partial charge in [0.25, 0.3) is 0 Å². The molecule has 0 atom stereocenters. The molecule has 0 saturated heterocycles. The van der Waals surface area contributed by atoms with E-state index >= 15 is 0 Å². The van der Waals surface area contributed by atoms with E-state index in [9.17, 15) is 8.42 Å². The fourth-order valence-electron chi connectivity index (χ4n) is 2.54. The molecule has 2 heterocycles. The predicted octanol–water partition coefficient (Wildman–Crippen LogP) is 2.19. The van der Waals surface area contributed by atoms with Crippen LogP contribution in [0.4, 0.5) is 17.5 Å². The molecule has 0 unspecified atom stereocenters. The van der Waals surface area contributed by atoms with Crippen molar-refractivity contribution in [2.24, 2.45) is 0 Å². The Balaban J connectivity index is 1.60. The van der Waals surface area contributed by atoms with Gasteiger partial charge in [-0.05, 0) is 31.2 Å². The topological polar surface area (TPSA) is 133 Å². The summed E-state index contributed by atoms with van der Waals surface area (Å²) in [5, 5.41) is 15.2. The molecular formula is C19H19N7O2S. The van der Waals surface area contributed by atoms with E-state index in [1.54, 1.807) is 31.3 Å². The monoisotopic (exact) mass is 409 g/mol. The van der Waals surface area contributed by atoms with Gasteiger partial charge in [-0.1, -0.05) is 18.2 Å². The molecule has 29 heavy (non-hydrogen) atoms. The number of hydrogen-bond acceptors (Lipinski definition) is 8. The lowest BCUT2D eigenvalue weighted by atomic mass is 10.2. The van der Waals surface area contributed by atoms with Crippen LogP contribution in [-0.2, 0) is 10.0 Å². The fourth-order valence-corrected chi connectivity index (χ4v) is 3.72. The number of hydrogen-bond donors (Lipinski definition) is 3. The van der Waals surface area contributed by atoms with Crippen molar-refractivity contribution < 1.29 is 8.42 Å². The van der Waals surface area contributed by atoms with Crippen LogP contribution in [-0.4, -0.2) is 36.5 Å². The van der Waals surface area contributed by atoms with Crippen LogP contribution in [0.5, 0.6) is 0 Å². The highest BCUT2D eigenvalue weighted by Gasteiger charge is 2.17. The number of aryl methyl sites for hydroxylation is 1. The average Bonchev–Trinajstić information content (AvgIpc) is 2.71. The minimum atomic E-state index is -3.78. The van der Waals surface area contributed by atoms with E-state index in [0.717, 1.165) is 0 Å². The number of rotatable bonds is 8. The summed E-state index contributed by atoms with van der Waals surface area (Å²) in [5.74, 6) is 2.33. The lowest BCUT2D eigenvalue weighted by molar-refractivity contribution is 0.582. The minimum absolute atomic E-state index is 0.0396. The molecule has 2 aromatic heterocycles. The van der Waals surface area contributed by atoms with Crippen molar-refractivity contribution in [2.45, 2.75) is 11.8 Å². The molecule has 0 aliphatic rings. The summed E-state index contributed by atoms with van der Waals surface area (Å²) < 4.78 is 27.3. The molecule has 0 amide bonds. The Labute approximate surface area is 168 Å². The van der Waals surface area contributed by atoms with Gasteiger partial charge >= 0.3 is 0 Å². The lowest BCUT2D eigenvalue weighted by Gasteiger charge is -2.11. The number of aromatic nitrogens is 3. The number of nitrogens with zero attached hydrogens (tertiary/aromatic N) is 4. The van der Waals surface area contributed by atoms with Crippen molar-refractivity contribution in [1.29, 1.82) is 5.26 Å². The smallest absolute Gasteiger partial charge is 0.241 e. The van der Waals surface area contributed by atoms with Crippen LogP contribution >= 0.6 is 0 Å². The average molecular weight is 409 g/mol. The zero-order valence-corrected chi connectivity index (χ0v) is 16.4. The first kappa shape index (κ1) is 20.2. The van der Waals surface area contributed by atoms with Crippen LogP contribution in [0.3, 0.4) is 0 Å². The number of pyridine rings is 1. The molecule has 9 nitrogen and oxygen atoms in total. The highest BCUT2D eigenvalue weighted by molar-refractivity contribution is 7.89. The molecule has 0 spiro atoms. The Morgan fingerprint density at radius 2 is 1.76 bits per heavy atom. The maximum atomic E-state index is 12.4. The molecule has 1 aromatic carbocycles. The SMILES string of the molecule is Cc1nc(NCCNS(=O)(=O)c2ccccc2C#N)cc(Nc2ccccn2)n1. The second-order valence-corrected chi connectivity index (χ2v) is 7.69. The number of benzene rings is 1. The molecule has 10 heteroatoms. The zero-order valence-electron chi connectivity index (χ0n) is 15.6. The van der Waals surface area contributed by atoms with E-state index in [4.69, 9.17) is 5.26 Å². The standard InChI is InChI=1S/C19H19N7O2S/c1-14-24-18(12-19(25-14)26-17-8-4-5-9-21-17)22-10-11-23-29(27,28)16-7-3-2-6-15(16)13-20/h2-9,12,23H,10-11H2,1H3,(H2,21,22,24,25,26). The van der Waals surface area contributed by atoms with E-state index in [0.29, 0.717) is 29.8 Å². The minimum Gasteiger partial charge on any atom is -0.369 e. The van der Waals surface area contributed by atoms with Crippen LogP contribution in [0.25, 0.3) is 0 Å². The number of nitrogens with one attached hydrogen (secondary N) is 3. The largest absolute Gasteiger partial charge is 0.369 e. The van der Waals surface area contributed by atoms with Crippen LogP contribution in [0, 0.1) is 18.3 Å². The van der Waals surface area contributed by atoms with E-state index in [1.807, 2.05) is 24.3 Å². The van der Waals surface area contributed by atoms with Crippen molar-refractivity contribution >= 4 is 27.5 Å². The molecule has 0 fully saturated rings.